The van der Waals surface area contributed by atoms with Gasteiger partial charge in [0.05, 0.1) is 0 Å². The average molecular weight is 317 g/mol. The van der Waals surface area contributed by atoms with Crippen molar-refractivity contribution in [3.8, 4) is 5.75 Å². The van der Waals surface area contributed by atoms with Crippen molar-refractivity contribution < 1.29 is 14.3 Å². The molecule has 0 aliphatic carbocycles. The van der Waals surface area contributed by atoms with E-state index in [0.717, 1.165) is 31.7 Å². The van der Waals surface area contributed by atoms with E-state index in [1.54, 1.807) is 4.90 Å². The molecule has 2 aliphatic heterocycles. The first-order valence-corrected chi connectivity index (χ1v) is 8.18. The number of hydrogen-bond donors (Lipinski definition) is 1. The molecular weight excluding hydrogens is 294 g/mol. The minimum absolute atomic E-state index is 0.00153. The molecule has 3 rings (SSSR count). The van der Waals surface area contributed by atoms with E-state index in [2.05, 4.69) is 5.32 Å². The van der Waals surface area contributed by atoms with Gasteiger partial charge in [0.2, 0.25) is 5.91 Å². The highest BCUT2D eigenvalue weighted by atomic mass is 16.5. The van der Waals surface area contributed by atoms with Crippen LogP contribution in [-0.2, 0) is 9.59 Å². The molecule has 0 spiro atoms. The molecule has 1 N–H and O–H groups in total. The van der Waals surface area contributed by atoms with Crippen molar-refractivity contribution in [2.75, 3.05) is 37.7 Å². The minimum atomic E-state index is 0.00153. The summed E-state index contributed by atoms with van der Waals surface area (Å²) in [7, 11) is 0. The van der Waals surface area contributed by atoms with Crippen LogP contribution in [0.25, 0.3) is 0 Å². The summed E-state index contributed by atoms with van der Waals surface area (Å²) in [5.41, 5.74) is 0.841. The highest BCUT2D eigenvalue weighted by Gasteiger charge is 2.24. The summed E-state index contributed by atoms with van der Waals surface area (Å²) in [6.07, 6.45) is 1.49. The summed E-state index contributed by atoms with van der Waals surface area (Å²) in [5.74, 6) is 0.771. The number of nitrogens with one attached hydrogen (secondary N) is 1. The molecule has 2 saturated heterocycles. The molecule has 0 radical (unpaired) electrons. The third kappa shape index (κ3) is 3.64. The molecule has 0 bridgehead atoms. The Hall–Kier alpha value is -2.08. The first-order chi connectivity index (χ1) is 11.1. The van der Waals surface area contributed by atoms with Gasteiger partial charge in [-0.05, 0) is 25.5 Å². The van der Waals surface area contributed by atoms with Gasteiger partial charge in [0, 0.05) is 50.4 Å². The van der Waals surface area contributed by atoms with E-state index in [1.165, 1.54) is 0 Å². The summed E-state index contributed by atoms with van der Waals surface area (Å²) >= 11 is 0. The van der Waals surface area contributed by atoms with Gasteiger partial charge in [-0.25, -0.2) is 0 Å². The van der Waals surface area contributed by atoms with Gasteiger partial charge in [0.25, 0.3) is 5.91 Å². The second kappa shape index (κ2) is 7.00. The molecule has 1 aromatic rings. The Morgan fingerprint density at radius 2 is 2.26 bits per heavy atom. The fourth-order valence-corrected chi connectivity index (χ4v) is 3.10. The lowest BCUT2D eigenvalue weighted by atomic mass is 10.2. The topological polar surface area (TPSA) is 61.9 Å². The largest absolute Gasteiger partial charge is 0.484 e. The van der Waals surface area contributed by atoms with E-state index >= 15 is 0 Å². The van der Waals surface area contributed by atoms with Crippen LogP contribution < -0.4 is 15.0 Å². The summed E-state index contributed by atoms with van der Waals surface area (Å²) in [6, 6.07) is 7.59. The van der Waals surface area contributed by atoms with Crippen molar-refractivity contribution in [2.24, 2.45) is 0 Å². The number of nitrogens with zero attached hydrogens (tertiary/aromatic N) is 2. The van der Waals surface area contributed by atoms with Crippen molar-refractivity contribution in [2.45, 2.75) is 25.8 Å². The van der Waals surface area contributed by atoms with E-state index in [9.17, 15) is 9.59 Å². The highest BCUT2D eigenvalue weighted by Crippen LogP contribution is 2.25. The minimum Gasteiger partial charge on any atom is -0.484 e. The summed E-state index contributed by atoms with van der Waals surface area (Å²) in [6.45, 7) is 5.16. The molecule has 0 unspecified atom stereocenters. The zero-order valence-corrected chi connectivity index (χ0v) is 13.5. The number of benzene rings is 1. The Morgan fingerprint density at radius 3 is 3.00 bits per heavy atom. The lowest BCUT2D eigenvalue weighted by Gasteiger charge is -2.33. The lowest BCUT2D eigenvalue weighted by molar-refractivity contribution is -0.136. The van der Waals surface area contributed by atoms with Crippen molar-refractivity contribution in [1.82, 2.24) is 10.2 Å². The molecule has 6 heteroatoms. The molecule has 2 heterocycles. The van der Waals surface area contributed by atoms with Crippen molar-refractivity contribution in [1.29, 1.82) is 0 Å². The summed E-state index contributed by atoms with van der Waals surface area (Å²) in [5, 5.41) is 3.26. The van der Waals surface area contributed by atoms with Gasteiger partial charge < -0.3 is 19.9 Å². The van der Waals surface area contributed by atoms with E-state index in [-0.39, 0.29) is 24.5 Å². The van der Waals surface area contributed by atoms with Crippen LogP contribution in [0.4, 0.5) is 5.69 Å². The molecule has 2 amide bonds. The SMILES string of the molecule is C[C@H]1CNCCN1C(=O)COc1cccc(N2CCCC2=O)c1. The first kappa shape index (κ1) is 15.8. The second-order valence-corrected chi connectivity index (χ2v) is 6.08. The van der Waals surface area contributed by atoms with Crippen LogP contribution in [0.15, 0.2) is 24.3 Å². The number of carbonyl (C=O) groups excluding carboxylic acids is 2. The Labute approximate surface area is 136 Å². The number of amides is 2. The van der Waals surface area contributed by atoms with Gasteiger partial charge in [-0.3, -0.25) is 9.59 Å². The number of anilines is 1. The number of rotatable bonds is 4. The zero-order valence-electron chi connectivity index (χ0n) is 13.5. The first-order valence-electron chi connectivity index (χ1n) is 8.18. The molecule has 0 saturated carbocycles. The van der Waals surface area contributed by atoms with Gasteiger partial charge in [-0.2, -0.15) is 0 Å². The van der Waals surface area contributed by atoms with E-state index in [4.69, 9.17) is 4.74 Å². The van der Waals surface area contributed by atoms with Gasteiger partial charge in [0.15, 0.2) is 6.61 Å². The van der Waals surface area contributed by atoms with Crippen molar-refractivity contribution >= 4 is 17.5 Å². The maximum absolute atomic E-state index is 12.3. The fraction of sp³-hybridized carbons (Fsp3) is 0.529. The standard InChI is InChI=1S/C17H23N3O3/c1-13-11-18-7-9-19(13)17(22)12-23-15-5-2-4-14(10-15)20-8-3-6-16(20)21/h2,4-5,10,13,18H,3,6-9,11-12H2,1H3/t13-/m0/s1. The predicted molar refractivity (Wildman–Crippen MR) is 87.6 cm³/mol. The third-order valence-corrected chi connectivity index (χ3v) is 4.39. The maximum Gasteiger partial charge on any atom is 0.260 e. The average Bonchev–Trinajstić information content (AvgIpc) is 2.99. The maximum atomic E-state index is 12.3. The van der Waals surface area contributed by atoms with Crippen LogP contribution in [0.5, 0.6) is 5.75 Å². The van der Waals surface area contributed by atoms with Gasteiger partial charge in [-0.15, -0.1) is 0 Å². The second-order valence-electron chi connectivity index (χ2n) is 6.08. The van der Waals surface area contributed by atoms with Gasteiger partial charge in [0.1, 0.15) is 5.75 Å². The Morgan fingerprint density at radius 1 is 1.39 bits per heavy atom. The van der Waals surface area contributed by atoms with E-state index in [1.807, 2.05) is 36.1 Å². The number of hydrogen-bond acceptors (Lipinski definition) is 4. The number of piperazine rings is 1. The molecule has 2 fully saturated rings. The number of carbonyl (C=O) groups is 2. The van der Waals surface area contributed by atoms with Gasteiger partial charge in [-0.1, -0.05) is 6.07 Å². The Balaban J connectivity index is 1.60. The van der Waals surface area contributed by atoms with E-state index < -0.39 is 0 Å². The van der Waals surface area contributed by atoms with Crippen molar-refractivity contribution in [3.05, 3.63) is 24.3 Å². The van der Waals surface area contributed by atoms with Crippen LogP contribution in [0, 0.1) is 0 Å². The molecule has 1 atom stereocenters. The normalized spacial score (nSPS) is 21.6. The van der Waals surface area contributed by atoms with E-state index in [0.29, 0.717) is 18.7 Å². The Bertz CT molecular complexity index is 590. The monoisotopic (exact) mass is 317 g/mol. The van der Waals surface area contributed by atoms with Crippen LogP contribution in [0.3, 0.4) is 0 Å². The molecule has 124 valence electrons. The molecular formula is C17H23N3O3. The highest BCUT2D eigenvalue weighted by molar-refractivity contribution is 5.95. The fourth-order valence-electron chi connectivity index (χ4n) is 3.10. The molecule has 6 nitrogen and oxygen atoms in total. The summed E-state index contributed by atoms with van der Waals surface area (Å²) in [4.78, 5) is 27.7. The number of ether oxygens (including phenoxy) is 1. The van der Waals surface area contributed by atoms with Gasteiger partial charge >= 0.3 is 0 Å². The van der Waals surface area contributed by atoms with Crippen LogP contribution in [0.1, 0.15) is 19.8 Å². The third-order valence-electron chi connectivity index (χ3n) is 4.39. The molecule has 1 aromatic carbocycles. The van der Waals surface area contributed by atoms with Crippen LogP contribution >= 0.6 is 0 Å². The van der Waals surface area contributed by atoms with Crippen molar-refractivity contribution in [3.63, 3.8) is 0 Å². The molecule has 2 aliphatic rings. The lowest BCUT2D eigenvalue weighted by Crippen LogP contribution is -2.53. The Kier molecular flexibility index (Phi) is 4.81. The summed E-state index contributed by atoms with van der Waals surface area (Å²) < 4.78 is 5.66. The smallest absolute Gasteiger partial charge is 0.260 e. The molecule has 0 aromatic heterocycles. The van der Waals surface area contributed by atoms with Crippen LogP contribution in [-0.4, -0.2) is 55.5 Å². The predicted octanol–water partition coefficient (Wildman–Crippen LogP) is 1.01. The van der Waals surface area contributed by atoms with Crippen LogP contribution in [0.2, 0.25) is 0 Å². The molecule has 23 heavy (non-hydrogen) atoms. The zero-order chi connectivity index (χ0) is 16.2. The quantitative estimate of drug-likeness (QED) is 0.900.